The molecule has 1 N–H and O–H groups in total. The van der Waals surface area contributed by atoms with Gasteiger partial charge in [-0.05, 0) is 29.1 Å². The predicted octanol–water partition coefficient (Wildman–Crippen LogP) is 1.69. The summed E-state index contributed by atoms with van der Waals surface area (Å²) in [5.74, 6) is 0.380. The van der Waals surface area contributed by atoms with Crippen molar-refractivity contribution in [3.63, 3.8) is 0 Å². The van der Waals surface area contributed by atoms with Crippen LogP contribution < -0.4 is 10.1 Å². The standard InChI is InChI=1S/C15H18N2O4S2/c1-17(23(19,20)15-4-3-9-22-15)11-14(18)16-10-12-5-7-13(21-2)8-6-12/h3-9H,10-11H2,1-2H3,(H,16,18). The van der Waals surface area contributed by atoms with E-state index >= 15 is 0 Å². The number of sulfonamides is 1. The number of carbonyl (C=O) groups excluding carboxylic acids is 1. The number of thiophene rings is 1. The van der Waals surface area contributed by atoms with Gasteiger partial charge in [0.15, 0.2) is 0 Å². The van der Waals surface area contributed by atoms with Crippen LogP contribution in [0.15, 0.2) is 46.0 Å². The van der Waals surface area contributed by atoms with Crippen LogP contribution in [0, 0.1) is 0 Å². The molecule has 0 unspecified atom stereocenters. The Morgan fingerprint density at radius 2 is 1.96 bits per heavy atom. The first-order valence-corrected chi connectivity index (χ1v) is 9.15. The topological polar surface area (TPSA) is 75.7 Å². The van der Waals surface area contributed by atoms with Crippen molar-refractivity contribution in [1.82, 2.24) is 9.62 Å². The van der Waals surface area contributed by atoms with E-state index in [1.54, 1.807) is 30.7 Å². The first-order chi connectivity index (χ1) is 10.9. The Kier molecular flexibility index (Phi) is 5.75. The molecular weight excluding hydrogens is 336 g/mol. The van der Waals surface area contributed by atoms with Crippen molar-refractivity contribution in [2.75, 3.05) is 20.7 Å². The summed E-state index contributed by atoms with van der Waals surface area (Å²) in [6.45, 7) is 0.103. The fourth-order valence-corrected chi connectivity index (χ4v) is 4.18. The van der Waals surface area contributed by atoms with Crippen molar-refractivity contribution in [3.05, 3.63) is 47.3 Å². The average Bonchev–Trinajstić information content (AvgIpc) is 3.08. The molecule has 0 fully saturated rings. The molecule has 23 heavy (non-hydrogen) atoms. The maximum atomic E-state index is 12.2. The minimum absolute atomic E-state index is 0.225. The van der Waals surface area contributed by atoms with Crippen molar-refractivity contribution >= 4 is 27.3 Å². The fraction of sp³-hybridized carbons (Fsp3) is 0.267. The molecule has 1 heterocycles. The average molecular weight is 354 g/mol. The first kappa shape index (κ1) is 17.5. The zero-order valence-corrected chi connectivity index (χ0v) is 14.5. The second-order valence-corrected chi connectivity index (χ2v) is 8.04. The van der Waals surface area contributed by atoms with E-state index in [0.717, 1.165) is 27.0 Å². The van der Waals surface area contributed by atoms with Crippen LogP contribution in [0.3, 0.4) is 0 Å². The molecule has 0 atom stereocenters. The SMILES string of the molecule is COc1ccc(CNC(=O)CN(C)S(=O)(=O)c2cccs2)cc1. The zero-order valence-electron chi connectivity index (χ0n) is 12.9. The largest absolute Gasteiger partial charge is 0.497 e. The molecule has 124 valence electrons. The Bertz CT molecular complexity index is 740. The van der Waals surface area contributed by atoms with Gasteiger partial charge in [0.1, 0.15) is 9.96 Å². The Balaban J connectivity index is 1.89. The lowest BCUT2D eigenvalue weighted by Crippen LogP contribution is -2.37. The van der Waals surface area contributed by atoms with Crippen LogP contribution in [0.4, 0.5) is 0 Å². The highest BCUT2D eigenvalue weighted by Crippen LogP contribution is 2.19. The van der Waals surface area contributed by atoms with E-state index < -0.39 is 10.0 Å². The Labute approximate surface area is 139 Å². The number of rotatable bonds is 7. The van der Waals surface area contributed by atoms with Gasteiger partial charge in [-0.25, -0.2) is 8.42 Å². The normalized spacial score (nSPS) is 11.4. The van der Waals surface area contributed by atoms with Crippen molar-refractivity contribution < 1.29 is 17.9 Å². The molecule has 0 spiro atoms. The molecule has 0 saturated heterocycles. The molecular formula is C15H18N2O4S2. The predicted molar refractivity (Wildman–Crippen MR) is 89.0 cm³/mol. The second-order valence-electron chi connectivity index (χ2n) is 4.82. The fourth-order valence-electron chi connectivity index (χ4n) is 1.85. The monoisotopic (exact) mass is 354 g/mol. The summed E-state index contributed by atoms with van der Waals surface area (Å²) in [5, 5.41) is 4.39. The van der Waals surface area contributed by atoms with Gasteiger partial charge in [0.05, 0.1) is 13.7 Å². The van der Waals surface area contributed by atoms with E-state index in [0.29, 0.717) is 6.54 Å². The Hall–Kier alpha value is -1.90. The first-order valence-electron chi connectivity index (χ1n) is 6.83. The van der Waals surface area contributed by atoms with Crippen LogP contribution in [0.1, 0.15) is 5.56 Å². The summed E-state index contributed by atoms with van der Waals surface area (Å²) in [6, 6.07) is 10.5. The molecule has 1 aromatic heterocycles. The summed E-state index contributed by atoms with van der Waals surface area (Å²) >= 11 is 1.13. The third-order valence-corrected chi connectivity index (χ3v) is 6.35. The van der Waals surface area contributed by atoms with Crippen LogP contribution >= 0.6 is 11.3 Å². The number of ether oxygens (including phenoxy) is 1. The van der Waals surface area contributed by atoms with Gasteiger partial charge >= 0.3 is 0 Å². The van der Waals surface area contributed by atoms with E-state index in [1.165, 1.54) is 13.1 Å². The lowest BCUT2D eigenvalue weighted by Gasteiger charge is -2.15. The van der Waals surface area contributed by atoms with Gasteiger partial charge in [-0.3, -0.25) is 4.79 Å². The van der Waals surface area contributed by atoms with Crippen LogP contribution in [-0.4, -0.2) is 39.3 Å². The number of carbonyl (C=O) groups is 1. The third kappa shape index (κ3) is 4.54. The summed E-state index contributed by atoms with van der Waals surface area (Å²) in [5.41, 5.74) is 0.905. The number of nitrogens with zero attached hydrogens (tertiary/aromatic N) is 1. The summed E-state index contributed by atoms with van der Waals surface area (Å²) < 4.78 is 30.8. The second kappa shape index (κ2) is 7.58. The summed E-state index contributed by atoms with van der Waals surface area (Å²) in [7, 11) is -0.633. The maximum Gasteiger partial charge on any atom is 0.252 e. The number of hydrogen-bond donors (Lipinski definition) is 1. The highest BCUT2D eigenvalue weighted by atomic mass is 32.2. The van der Waals surface area contributed by atoms with Crippen LogP contribution in [0.25, 0.3) is 0 Å². The minimum Gasteiger partial charge on any atom is -0.497 e. The van der Waals surface area contributed by atoms with Gasteiger partial charge in [0, 0.05) is 13.6 Å². The zero-order chi connectivity index (χ0) is 16.9. The molecule has 0 aliphatic heterocycles. The number of hydrogen-bond acceptors (Lipinski definition) is 5. The van der Waals surface area contributed by atoms with Gasteiger partial charge in [-0.15, -0.1) is 11.3 Å². The van der Waals surface area contributed by atoms with Crippen LogP contribution in [-0.2, 0) is 21.4 Å². The molecule has 2 aromatic rings. The lowest BCUT2D eigenvalue weighted by molar-refractivity contribution is -0.121. The number of amides is 1. The highest BCUT2D eigenvalue weighted by Gasteiger charge is 2.23. The van der Waals surface area contributed by atoms with Gasteiger partial charge in [0.2, 0.25) is 5.91 Å². The van der Waals surface area contributed by atoms with E-state index in [1.807, 2.05) is 12.1 Å². The number of benzene rings is 1. The van der Waals surface area contributed by atoms with E-state index in [2.05, 4.69) is 5.32 Å². The quantitative estimate of drug-likeness (QED) is 0.821. The summed E-state index contributed by atoms with van der Waals surface area (Å²) in [4.78, 5) is 11.9. The maximum absolute atomic E-state index is 12.2. The molecule has 0 radical (unpaired) electrons. The molecule has 0 saturated carbocycles. The highest BCUT2D eigenvalue weighted by molar-refractivity contribution is 7.91. The van der Waals surface area contributed by atoms with E-state index in [9.17, 15) is 13.2 Å². The molecule has 1 aromatic carbocycles. The van der Waals surface area contributed by atoms with Gasteiger partial charge < -0.3 is 10.1 Å². The Morgan fingerprint density at radius 3 is 2.52 bits per heavy atom. The smallest absolute Gasteiger partial charge is 0.252 e. The summed E-state index contributed by atoms with van der Waals surface area (Å²) in [6.07, 6.45) is 0. The molecule has 6 nitrogen and oxygen atoms in total. The molecule has 0 aliphatic carbocycles. The number of likely N-dealkylation sites (N-methyl/N-ethyl adjacent to an activating group) is 1. The molecule has 0 aliphatic rings. The Morgan fingerprint density at radius 1 is 1.26 bits per heavy atom. The van der Waals surface area contributed by atoms with Crippen molar-refractivity contribution in [2.24, 2.45) is 0 Å². The van der Waals surface area contributed by atoms with Gasteiger partial charge in [0.25, 0.3) is 10.0 Å². The van der Waals surface area contributed by atoms with Crippen molar-refractivity contribution in [3.8, 4) is 5.75 Å². The molecule has 8 heteroatoms. The van der Waals surface area contributed by atoms with E-state index in [4.69, 9.17) is 4.74 Å². The lowest BCUT2D eigenvalue weighted by atomic mass is 10.2. The molecule has 0 bridgehead atoms. The third-order valence-electron chi connectivity index (χ3n) is 3.17. The van der Waals surface area contributed by atoms with Gasteiger partial charge in [-0.2, -0.15) is 4.31 Å². The molecule has 1 amide bonds. The van der Waals surface area contributed by atoms with Gasteiger partial charge in [-0.1, -0.05) is 18.2 Å². The minimum atomic E-state index is -3.61. The van der Waals surface area contributed by atoms with Crippen molar-refractivity contribution in [2.45, 2.75) is 10.8 Å². The molecule has 2 rings (SSSR count). The van der Waals surface area contributed by atoms with Crippen LogP contribution in [0.5, 0.6) is 5.75 Å². The number of methoxy groups -OCH3 is 1. The van der Waals surface area contributed by atoms with Crippen LogP contribution in [0.2, 0.25) is 0 Å². The van der Waals surface area contributed by atoms with Crippen molar-refractivity contribution in [1.29, 1.82) is 0 Å². The van der Waals surface area contributed by atoms with E-state index in [-0.39, 0.29) is 16.7 Å². The number of nitrogens with one attached hydrogen (secondary N) is 1.